The first-order valence-electron chi connectivity index (χ1n) is 4.23. The number of aliphatic imine (C=N–C) groups is 1. The van der Waals surface area contributed by atoms with Crippen LogP contribution in [-0.2, 0) is 0 Å². The molecule has 68 valence electrons. The summed E-state index contributed by atoms with van der Waals surface area (Å²) in [5, 5.41) is 7.74. The van der Waals surface area contributed by atoms with Crippen LogP contribution >= 0.6 is 0 Å². The molecule has 13 heavy (non-hydrogen) atoms. The van der Waals surface area contributed by atoms with Gasteiger partial charge in [-0.2, -0.15) is 5.10 Å². The van der Waals surface area contributed by atoms with Crippen molar-refractivity contribution in [1.82, 2.24) is 10.2 Å². The van der Waals surface area contributed by atoms with Crippen LogP contribution in [0.2, 0.25) is 0 Å². The van der Waals surface area contributed by atoms with Gasteiger partial charge in [0.15, 0.2) is 5.82 Å². The van der Waals surface area contributed by atoms with Crippen molar-refractivity contribution in [2.24, 2.45) is 4.99 Å². The van der Waals surface area contributed by atoms with E-state index >= 15 is 0 Å². The van der Waals surface area contributed by atoms with Crippen molar-refractivity contribution in [2.75, 3.05) is 0 Å². The maximum atomic E-state index is 4.14. The van der Waals surface area contributed by atoms with Crippen LogP contribution in [0.5, 0.6) is 0 Å². The minimum Gasteiger partial charge on any atom is -0.240 e. The minimum atomic E-state index is 0.681. The average molecular weight is 175 g/mol. The molecule has 0 aromatic carbocycles. The lowest BCUT2D eigenvalue weighted by molar-refractivity contribution is 1.02. The first-order valence-corrected chi connectivity index (χ1v) is 4.23. The molecule has 0 aliphatic rings. The molecule has 0 aliphatic heterocycles. The van der Waals surface area contributed by atoms with Crippen molar-refractivity contribution in [1.29, 1.82) is 0 Å². The van der Waals surface area contributed by atoms with Gasteiger partial charge in [-0.05, 0) is 32.4 Å². The van der Waals surface area contributed by atoms with Crippen LogP contribution < -0.4 is 0 Å². The number of nitrogens with zero attached hydrogens (tertiary/aromatic N) is 3. The number of hydrogen-bond donors (Lipinski definition) is 0. The normalized spacial score (nSPS) is 12.4. The Hall–Kier alpha value is -1.51. The molecule has 0 unspecified atom stereocenters. The molecule has 0 aliphatic carbocycles. The second-order valence-corrected chi connectivity index (χ2v) is 2.63. The summed E-state index contributed by atoms with van der Waals surface area (Å²) in [5.41, 5.74) is 2.20. The Labute approximate surface area is 78.2 Å². The van der Waals surface area contributed by atoms with Crippen LogP contribution in [-0.4, -0.2) is 16.4 Å². The summed E-state index contributed by atoms with van der Waals surface area (Å²) in [6, 6.07) is 1.92. The molecule has 1 heterocycles. The summed E-state index contributed by atoms with van der Waals surface area (Å²) in [6.07, 6.45) is 5.43. The van der Waals surface area contributed by atoms with Gasteiger partial charge in [0.25, 0.3) is 0 Å². The van der Waals surface area contributed by atoms with Gasteiger partial charge in [-0.3, -0.25) is 0 Å². The molecular formula is C10H13N3. The summed E-state index contributed by atoms with van der Waals surface area (Å²) in [7, 11) is 0. The molecule has 0 radical (unpaired) electrons. The quantitative estimate of drug-likeness (QED) is 0.648. The van der Waals surface area contributed by atoms with Gasteiger partial charge in [0.05, 0.1) is 6.20 Å². The Morgan fingerprint density at radius 1 is 1.46 bits per heavy atom. The fourth-order valence-corrected chi connectivity index (χ4v) is 1.01. The molecular weight excluding hydrogens is 162 g/mol. The maximum Gasteiger partial charge on any atom is 0.181 e. The van der Waals surface area contributed by atoms with Crippen LogP contribution in [0.15, 0.2) is 23.3 Å². The van der Waals surface area contributed by atoms with E-state index in [1.807, 2.05) is 32.9 Å². The molecule has 0 N–H and O–H groups in total. The minimum absolute atomic E-state index is 0.681. The summed E-state index contributed by atoms with van der Waals surface area (Å²) in [6.45, 7) is 5.89. The zero-order valence-electron chi connectivity index (χ0n) is 8.15. The zero-order chi connectivity index (χ0) is 9.68. The van der Waals surface area contributed by atoms with Crippen LogP contribution in [0.1, 0.15) is 26.3 Å². The van der Waals surface area contributed by atoms with Crippen LogP contribution in [0, 0.1) is 0 Å². The first kappa shape index (κ1) is 9.58. The highest BCUT2D eigenvalue weighted by molar-refractivity contribution is 5.73. The van der Waals surface area contributed by atoms with E-state index in [0.717, 1.165) is 11.1 Å². The maximum absolute atomic E-state index is 4.14. The summed E-state index contributed by atoms with van der Waals surface area (Å²) in [4.78, 5) is 4.14. The molecule has 0 fully saturated rings. The summed E-state index contributed by atoms with van der Waals surface area (Å²) in [5.74, 6) is 0.681. The third-order valence-corrected chi connectivity index (χ3v) is 1.81. The predicted molar refractivity (Wildman–Crippen MR) is 55.2 cm³/mol. The van der Waals surface area contributed by atoms with Crippen molar-refractivity contribution in [3.05, 3.63) is 23.9 Å². The van der Waals surface area contributed by atoms with Gasteiger partial charge in [0.1, 0.15) is 0 Å². The van der Waals surface area contributed by atoms with Crippen LogP contribution in [0.4, 0.5) is 5.82 Å². The average Bonchev–Trinajstić information content (AvgIpc) is 2.18. The van der Waals surface area contributed by atoms with E-state index in [2.05, 4.69) is 15.2 Å². The van der Waals surface area contributed by atoms with Gasteiger partial charge >= 0.3 is 0 Å². The van der Waals surface area contributed by atoms with E-state index in [0.29, 0.717) is 5.82 Å². The van der Waals surface area contributed by atoms with Gasteiger partial charge in [-0.25, -0.2) is 4.99 Å². The Balaban J connectivity index is 3.19. The molecule has 0 atom stereocenters. The first-order chi connectivity index (χ1) is 6.29. The molecule has 1 aromatic rings. The predicted octanol–water partition coefficient (Wildman–Crippen LogP) is 2.62. The smallest absolute Gasteiger partial charge is 0.181 e. The molecule has 0 amide bonds. The number of aromatic nitrogens is 2. The van der Waals surface area contributed by atoms with Crippen LogP contribution in [0.25, 0.3) is 5.57 Å². The molecule has 1 rings (SSSR count). The second kappa shape index (κ2) is 4.50. The number of allylic oxidation sites excluding steroid dienone is 2. The fourth-order valence-electron chi connectivity index (χ4n) is 1.01. The van der Waals surface area contributed by atoms with E-state index < -0.39 is 0 Å². The molecule has 3 nitrogen and oxygen atoms in total. The van der Waals surface area contributed by atoms with E-state index in [4.69, 9.17) is 0 Å². The van der Waals surface area contributed by atoms with Gasteiger partial charge < -0.3 is 0 Å². The SMILES string of the molecule is C/C=N\c1nnccc1/C(C)=C\C. The molecule has 0 spiro atoms. The van der Waals surface area contributed by atoms with Crippen molar-refractivity contribution in [3.63, 3.8) is 0 Å². The molecule has 1 aromatic heterocycles. The van der Waals surface area contributed by atoms with Gasteiger partial charge in [-0.15, -0.1) is 5.10 Å². The van der Waals surface area contributed by atoms with Crippen molar-refractivity contribution in [3.8, 4) is 0 Å². The monoisotopic (exact) mass is 175 g/mol. The molecule has 0 saturated carbocycles. The Bertz CT molecular complexity index is 340. The highest BCUT2D eigenvalue weighted by Crippen LogP contribution is 2.21. The lowest BCUT2D eigenvalue weighted by Crippen LogP contribution is -1.87. The van der Waals surface area contributed by atoms with Gasteiger partial charge in [0, 0.05) is 11.8 Å². The van der Waals surface area contributed by atoms with Crippen molar-refractivity contribution < 1.29 is 0 Å². The number of hydrogen-bond acceptors (Lipinski definition) is 3. The standard InChI is InChI=1S/C10H13N3/c1-4-8(3)9-6-7-12-13-10(9)11-5-2/h4-7H,1-3H3/b8-4-,11-5-. The Morgan fingerprint density at radius 3 is 2.85 bits per heavy atom. The van der Waals surface area contributed by atoms with E-state index in [-0.39, 0.29) is 0 Å². The Morgan fingerprint density at radius 2 is 2.23 bits per heavy atom. The second-order valence-electron chi connectivity index (χ2n) is 2.63. The molecule has 0 bridgehead atoms. The lowest BCUT2D eigenvalue weighted by atomic mass is 10.1. The van der Waals surface area contributed by atoms with Crippen molar-refractivity contribution >= 4 is 17.6 Å². The highest BCUT2D eigenvalue weighted by atomic mass is 15.1. The molecule has 3 heteroatoms. The third-order valence-electron chi connectivity index (χ3n) is 1.81. The molecule has 0 saturated heterocycles. The van der Waals surface area contributed by atoms with Gasteiger partial charge in [0.2, 0.25) is 0 Å². The van der Waals surface area contributed by atoms with Gasteiger partial charge in [-0.1, -0.05) is 6.08 Å². The summed E-state index contributed by atoms with van der Waals surface area (Å²) < 4.78 is 0. The number of rotatable bonds is 2. The van der Waals surface area contributed by atoms with E-state index in [1.54, 1.807) is 12.4 Å². The topological polar surface area (TPSA) is 38.1 Å². The van der Waals surface area contributed by atoms with E-state index in [9.17, 15) is 0 Å². The van der Waals surface area contributed by atoms with Crippen molar-refractivity contribution in [2.45, 2.75) is 20.8 Å². The highest BCUT2D eigenvalue weighted by Gasteiger charge is 2.02. The Kier molecular flexibility index (Phi) is 3.31. The summed E-state index contributed by atoms with van der Waals surface area (Å²) >= 11 is 0. The lowest BCUT2D eigenvalue weighted by Gasteiger charge is -2.01. The largest absolute Gasteiger partial charge is 0.240 e. The third kappa shape index (κ3) is 2.21. The zero-order valence-corrected chi connectivity index (χ0v) is 8.15. The van der Waals surface area contributed by atoms with E-state index in [1.165, 1.54) is 0 Å². The fraction of sp³-hybridized carbons (Fsp3) is 0.300. The van der Waals surface area contributed by atoms with Crippen LogP contribution in [0.3, 0.4) is 0 Å².